The number of halogens is 3. The molecule has 0 radical (unpaired) electrons. The molecule has 0 aliphatic rings. The number of benzene rings is 2. The lowest BCUT2D eigenvalue weighted by Gasteiger charge is -2.13. The van der Waals surface area contributed by atoms with Gasteiger partial charge < -0.3 is 5.32 Å². The van der Waals surface area contributed by atoms with Gasteiger partial charge in [-0.25, -0.2) is 0 Å². The van der Waals surface area contributed by atoms with Gasteiger partial charge in [0.1, 0.15) is 0 Å². The van der Waals surface area contributed by atoms with Crippen molar-refractivity contribution in [1.82, 2.24) is 4.98 Å². The highest BCUT2D eigenvalue weighted by atomic mass is 32.2. The van der Waals surface area contributed by atoms with E-state index in [2.05, 4.69) is 10.3 Å². The minimum Gasteiger partial charge on any atom is -0.321 e. The molecule has 1 amide bonds. The summed E-state index contributed by atoms with van der Waals surface area (Å²) in [6.07, 6.45) is 1.49. The number of alkyl halides is 3. The molecule has 122 valence electrons. The lowest BCUT2D eigenvalue weighted by molar-refractivity contribution is -0.0328. The minimum absolute atomic E-state index is 0.0586. The summed E-state index contributed by atoms with van der Waals surface area (Å²) >= 11 is -0.259. The van der Waals surface area contributed by atoms with E-state index in [0.29, 0.717) is 16.5 Å². The predicted molar refractivity (Wildman–Crippen MR) is 88.1 cm³/mol. The number of pyridine rings is 1. The summed E-state index contributed by atoms with van der Waals surface area (Å²) in [7, 11) is 0. The van der Waals surface area contributed by atoms with Gasteiger partial charge in [0.2, 0.25) is 0 Å². The van der Waals surface area contributed by atoms with E-state index < -0.39 is 11.4 Å². The summed E-state index contributed by atoms with van der Waals surface area (Å²) in [5.74, 6) is -0.483. The quantitative estimate of drug-likeness (QED) is 0.670. The van der Waals surface area contributed by atoms with Gasteiger partial charge in [-0.2, -0.15) is 13.2 Å². The van der Waals surface area contributed by atoms with Crippen molar-refractivity contribution in [2.45, 2.75) is 10.4 Å². The maximum atomic E-state index is 12.6. The first-order valence-corrected chi connectivity index (χ1v) is 7.75. The Labute approximate surface area is 139 Å². The fourth-order valence-corrected chi connectivity index (χ4v) is 2.89. The zero-order valence-corrected chi connectivity index (χ0v) is 13.0. The van der Waals surface area contributed by atoms with Crippen molar-refractivity contribution in [1.29, 1.82) is 0 Å². The number of para-hydroxylation sites is 2. The number of aromatic nitrogens is 1. The first-order chi connectivity index (χ1) is 11.4. The van der Waals surface area contributed by atoms with Crippen LogP contribution in [0.15, 0.2) is 65.7 Å². The molecule has 3 aromatic rings. The van der Waals surface area contributed by atoms with Crippen LogP contribution in [-0.4, -0.2) is 16.4 Å². The molecule has 0 saturated heterocycles. The van der Waals surface area contributed by atoms with Crippen LogP contribution in [0.2, 0.25) is 0 Å². The molecule has 7 heteroatoms. The second-order valence-electron chi connectivity index (χ2n) is 4.87. The van der Waals surface area contributed by atoms with Gasteiger partial charge in [0, 0.05) is 16.5 Å². The molecule has 0 fully saturated rings. The highest BCUT2D eigenvalue weighted by Gasteiger charge is 2.30. The zero-order valence-electron chi connectivity index (χ0n) is 12.2. The van der Waals surface area contributed by atoms with Crippen molar-refractivity contribution in [2.24, 2.45) is 0 Å². The molecule has 24 heavy (non-hydrogen) atoms. The number of rotatable bonds is 3. The monoisotopic (exact) mass is 348 g/mol. The summed E-state index contributed by atoms with van der Waals surface area (Å²) < 4.78 is 37.9. The third-order valence-electron chi connectivity index (χ3n) is 3.25. The van der Waals surface area contributed by atoms with Crippen LogP contribution in [0.3, 0.4) is 0 Å². The van der Waals surface area contributed by atoms with Crippen LogP contribution in [0.5, 0.6) is 0 Å². The number of hydrogen-bond acceptors (Lipinski definition) is 3. The van der Waals surface area contributed by atoms with E-state index in [9.17, 15) is 18.0 Å². The molecule has 0 aliphatic carbocycles. The number of thioether (sulfide) groups is 1. The molecular weight excluding hydrogens is 337 g/mol. The Morgan fingerprint density at radius 3 is 2.50 bits per heavy atom. The molecule has 0 saturated carbocycles. The fraction of sp³-hybridized carbons (Fsp3) is 0.0588. The lowest BCUT2D eigenvalue weighted by atomic mass is 10.1. The summed E-state index contributed by atoms with van der Waals surface area (Å²) in [5, 5.41) is 3.19. The lowest BCUT2D eigenvalue weighted by Crippen LogP contribution is -2.13. The number of hydrogen-bond donors (Lipinski definition) is 1. The van der Waals surface area contributed by atoms with Gasteiger partial charge in [-0.3, -0.25) is 9.78 Å². The molecule has 0 bridgehead atoms. The highest BCUT2D eigenvalue weighted by molar-refractivity contribution is 8.00. The van der Waals surface area contributed by atoms with E-state index in [4.69, 9.17) is 0 Å². The third-order valence-corrected chi connectivity index (χ3v) is 4.06. The number of anilines is 1. The Balaban J connectivity index is 1.93. The Hall–Kier alpha value is -2.54. The second-order valence-corrected chi connectivity index (χ2v) is 5.98. The molecule has 1 N–H and O–H groups in total. The van der Waals surface area contributed by atoms with Gasteiger partial charge in [0.15, 0.2) is 0 Å². The Kier molecular flexibility index (Phi) is 4.44. The van der Waals surface area contributed by atoms with E-state index >= 15 is 0 Å². The van der Waals surface area contributed by atoms with Gasteiger partial charge in [-0.1, -0.05) is 30.3 Å². The van der Waals surface area contributed by atoms with Crippen LogP contribution in [0.1, 0.15) is 10.4 Å². The van der Waals surface area contributed by atoms with Gasteiger partial charge in [0.05, 0.1) is 16.8 Å². The van der Waals surface area contributed by atoms with Crippen LogP contribution >= 0.6 is 11.8 Å². The van der Waals surface area contributed by atoms with Crippen molar-refractivity contribution in [3.8, 4) is 0 Å². The topological polar surface area (TPSA) is 42.0 Å². The Bertz CT molecular complexity index is 891. The summed E-state index contributed by atoms with van der Waals surface area (Å²) in [4.78, 5) is 16.6. The van der Waals surface area contributed by atoms with E-state index in [-0.39, 0.29) is 22.3 Å². The molecule has 1 aromatic heterocycles. The highest BCUT2D eigenvalue weighted by Crippen LogP contribution is 2.40. The summed E-state index contributed by atoms with van der Waals surface area (Å²) in [5.41, 5.74) is -3.31. The Morgan fingerprint density at radius 1 is 1.00 bits per heavy atom. The van der Waals surface area contributed by atoms with Crippen molar-refractivity contribution in [3.05, 3.63) is 66.4 Å². The van der Waals surface area contributed by atoms with Crippen molar-refractivity contribution >= 4 is 34.3 Å². The maximum absolute atomic E-state index is 12.6. The SMILES string of the molecule is O=C(Nc1ccccc1SC(F)(F)F)c1ccnc2ccccc12. The van der Waals surface area contributed by atoms with Gasteiger partial charge in [-0.05, 0) is 36.0 Å². The molecule has 3 nitrogen and oxygen atoms in total. The normalized spacial score (nSPS) is 11.5. The standard InChI is InChI=1S/C17H11F3N2OS/c18-17(19,20)24-15-8-4-3-7-14(15)22-16(23)12-9-10-21-13-6-2-1-5-11(12)13/h1-10H,(H,22,23). The maximum Gasteiger partial charge on any atom is 0.446 e. The van der Waals surface area contributed by atoms with Crippen LogP contribution in [0.25, 0.3) is 10.9 Å². The average Bonchev–Trinajstić information content (AvgIpc) is 2.55. The van der Waals surface area contributed by atoms with E-state index in [1.54, 1.807) is 30.3 Å². The summed E-state index contributed by atoms with van der Waals surface area (Å²) in [6, 6.07) is 14.4. The number of fused-ring (bicyclic) bond motifs is 1. The first kappa shape index (κ1) is 16.3. The minimum atomic E-state index is -4.43. The second kappa shape index (κ2) is 6.52. The van der Waals surface area contributed by atoms with Gasteiger partial charge in [-0.15, -0.1) is 0 Å². The molecule has 0 aliphatic heterocycles. The number of nitrogens with one attached hydrogen (secondary N) is 1. The Morgan fingerprint density at radius 2 is 1.71 bits per heavy atom. The molecule has 1 heterocycles. The van der Waals surface area contributed by atoms with Crippen molar-refractivity contribution < 1.29 is 18.0 Å². The number of carbonyl (C=O) groups is 1. The van der Waals surface area contributed by atoms with E-state index in [1.807, 2.05) is 0 Å². The van der Waals surface area contributed by atoms with E-state index in [0.717, 1.165) is 0 Å². The first-order valence-electron chi connectivity index (χ1n) is 6.94. The molecule has 3 rings (SSSR count). The largest absolute Gasteiger partial charge is 0.446 e. The van der Waals surface area contributed by atoms with E-state index in [1.165, 1.54) is 30.5 Å². The molecular formula is C17H11F3N2OS. The molecule has 2 aromatic carbocycles. The van der Waals surface area contributed by atoms with Crippen molar-refractivity contribution in [2.75, 3.05) is 5.32 Å². The molecule has 0 atom stereocenters. The predicted octanol–water partition coefficient (Wildman–Crippen LogP) is 5.10. The number of amides is 1. The van der Waals surface area contributed by atoms with Crippen molar-refractivity contribution in [3.63, 3.8) is 0 Å². The van der Waals surface area contributed by atoms with Crippen LogP contribution in [0.4, 0.5) is 18.9 Å². The number of nitrogens with zero attached hydrogens (tertiary/aromatic N) is 1. The fourth-order valence-electron chi connectivity index (χ4n) is 2.27. The van der Waals surface area contributed by atoms with Gasteiger partial charge in [0.25, 0.3) is 5.91 Å². The average molecular weight is 348 g/mol. The van der Waals surface area contributed by atoms with Crippen LogP contribution in [0, 0.1) is 0 Å². The molecule has 0 unspecified atom stereocenters. The zero-order chi connectivity index (χ0) is 17.2. The van der Waals surface area contributed by atoms with Gasteiger partial charge >= 0.3 is 5.51 Å². The van der Waals surface area contributed by atoms with Crippen LogP contribution in [-0.2, 0) is 0 Å². The molecule has 0 spiro atoms. The van der Waals surface area contributed by atoms with Crippen LogP contribution < -0.4 is 5.32 Å². The third kappa shape index (κ3) is 3.68. The summed E-state index contributed by atoms with van der Waals surface area (Å²) in [6.45, 7) is 0. The number of carbonyl (C=O) groups excluding carboxylic acids is 1. The smallest absolute Gasteiger partial charge is 0.321 e.